The Labute approximate surface area is 129 Å². The maximum atomic E-state index is 12.2. The molecule has 0 radical (unpaired) electrons. The number of nitrogens with one attached hydrogen (secondary N) is 1. The van der Waals surface area contributed by atoms with Crippen molar-refractivity contribution >= 4 is 17.0 Å². The summed E-state index contributed by atoms with van der Waals surface area (Å²) >= 11 is 0. The number of fused-ring (bicyclic) bond motifs is 1. The molecule has 0 unspecified atom stereocenters. The highest BCUT2D eigenvalue weighted by atomic mass is 16.4. The molecule has 0 atom stereocenters. The molecule has 2 aromatic rings. The minimum Gasteiger partial charge on any atom is -0.408 e. The number of amides is 1. The number of hydrogen-bond acceptors (Lipinski definition) is 3. The van der Waals surface area contributed by atoms with Gasteiger partial charge in [-0.05, 0) is 30.5 Å². The van der Waals surface area contributed by atoms with Gasteiger partial charge in [0.25, 0.3) is 0 Å². The fourth-order valence-electron chi connectivity index (χ4n) is 3.17. The zero-order valence-corrected chi connectivity index (χ0v) is 12.9. The maximum absolute atomic E-state index is 12.2. The van der Waals surface area contributed by atoms with Crippen molar-refractivity contribution in [3.63, 3.8) is 0 Å². The summed E-state index contributed by atoms with van der Waals surface area (Å²) < 4.78 is 6.56. The van der Waals surface area contributed by atoms with Crippen LogP contribution in [0.1, 0.15) is 44.1 Å². The minimum atomic E-state index is -0.380. The first kappa shape index (κ1) is 14.9. The second-order valence-corrected chi connectivity index (χ2v) is 6.16. The van der Waals surface area contributed by atoms with Gasteiger partial charge in [0.2, 0.25) is 5.91 Å². The van der Waals surface area contributed by atoms with Crippen LogP contribution >= 0.6 is 0 Å². The Morgan fingerprint density at radius 3 is 2.73 bits per heavy atom. The van der Waals surface area contributed by atoms with E-state index in [1.165, 1.54) is 30.3 Å². The number of aromatic nitrogens is 1. The standard InChI is InChI=1S/C17H22N2O3/c1-19-14-10-12(8-9-15(14)22-17(19)21)11-16(20)18-13-6-4-2-3-5-7-13/h8-10,13H,2-7,11H2,1H3,(H,18,20). The fourth-order valence-corrected chi connectivity index (χ4v) is 3.17. The maximum Gasteiger partial charge on any atom is 0.419 e. The van der Waals surface area contributed by atoms with E-state index >= 15 is 0 Å². The zero-order chi connectivity index (χ0) is 15.5. The van der Waals surface area contributed by atoms with Gasteiger partial charge in [-0.15, -0.1) is 0 Å². The third-order valence-electron chi connectivity index (χ3n) is 4.44. The van der Waals surface area contributed by atoms with Gasteiger partial charge in [-0.3, -0.25) is 9.36 Å². The number of oxazole rings is 1. The van der Waals surface area contributed by atoms with Crippen molar-refractivity contribution in [3.05, 3.63) is 34.3 Å². The van der Waals surface area contributed by atoms with E-state index in [2.05, 4.69) is 5.32 Å². The summed E-state index contributed by atoms with van der Waals surface area (Å²) in [5.41, 5.74) is 2.18. The highest BCUT2D eigenvalue weighted by molar-refractivity contribution is 5.81. The lowest BCUT2D eigenvalue weighted by Crippen LogP contribution is -2.35. The number of aryl methyl sites for hydroxylation is 1. The first-order chi connectivity index (χ1) is 10.6. The second kappa shape index (κ2) is 6.38. The van der Waals surface area contributed by atoms with Crippen molar-refractivity contribution in [2.24, 2.45) is 7.05 Å². The molecule has 118 valence electrons. The van der Waals surface area contributed by atoms with E-state index in [1.54, 1.807) is 13.1 Å². The van der Waals surface area contributed by atoms with Gasteiger partial charge in [0, 0.05) is 13.1 Å². The smallest absolute Gasteiger partial charge is 0.408 e. The molecule has 1 N–H and O–H groups in total. The van der Waals surface area contributed by atoms with Gasteiger partial charge in [0.05, 0.1) is 11.9 Å². The molecule has 1 heterocycles. The SMILES string of the molecule is Cn1c(=O)oc2ccc(CC(=O)NC3CCCCCC3)cc21. The van der Waals surface area contributed by atoms with Crippen LogP contribution in [0.2, 0.25) is 0 Å². The van der Waals surface area contributed by atoms with Crippen LogP contribution in [-0.2, 0) is 18.3 Å². The van der Waals surface area contributed by atoms with Gasteiger partial charge in [0.15, 0.2) is 5.58 Å². The van der Waals surface area contributed by atoms with Gasteiger partial charge in [0.1, 0.15) is 0 Å². The summed E-state index contributed by atoms with van der Waals surface area (Å²) in [5.74, 6) is -0.324. The Balaban J connectivity index is 1.68. The lowest BCUT2D eigenvalue weighted by atomic mass is 10.1. The van der Waals surface area contributed by atoms with E-state index in [4.69, 9.17) is 4.42 Å². The zero-order valence-electron chi connectivity index (χ0n) is 12.9. The second-order valence-electron chi connectivity index (χ2n) is 6.16. The van der Waals surface area contributed by atoms with E-state index in [1.807, 2.05) is 12.1 Å². The molecule has 1 fully saturated rings. The van der Waals surface area contributed by atoms with Crippen LogP contribution in [-0.4, -0.2) is 16.5 Å². The van der Waals surface area contributed by atoms with Crippen molar-refractivity contribution < 1.29 is 9.21 Å². The molecular formula is C17H22N2O3. The Bertz CT molecular complexity index is 721. The molecule has 1 aliphatic carbocycles. The summed E-state index contributed by atoms with van der Waals surface area (Å²) in [6.07, 6.45) is 7.46. The van der Waals surface area contributed by atoms with Crippen LogP contribution in [0.25, 0.3) is 11.1 Å². The fraction of sp³-hybridized carbons (Fsp3) is 0.529. The average molecular weight is 302 g/mol. The predicted molar refractivity (Wildman–Crippen MR) is 84.8 cm³/mol. The molecule has 3 rings (SSSR count). The Kier molecular flexibility index (Phi) is 4.32. The molecule has 1 saturated carbocycles. The molecule has 0 saturated heterocycles. The molecule has 1 aliphatic rings. The van der Waals surface area contributed by atoms with Crippen molar-refractivity contribution in [2.75, 3.05) is 0 Å². The molecule has 0 aliphatic heterocycles. The van der Waals surface area contributed by atoms with Gasteiger partial charge in [-0.2, -0.15) is 0 Å². The van der Waals surface area contributed by atoms with Crippen molar-refractivity contribution in [1.29, 1.82) is 0 Å². The highest BCUT2D eigenvalue weighted by Crippen LogP contribution is 2.18. The summed E-state index contributed by atoms with van der Waals surface area (Å²) in [5, 5.41) is 3.14. The van der Waals surface area contributed by atoms with Crippen LogP contribution in [0.5, 0.6) is 0 Å². The first-order valence-corrected chi connectivity index (χ1v) is 8.01. The molecule has 5 nitrogen and oxygen atoms in total. The van der Waals surface area contributed by atoms with Crippen LogP contribution < -0.4 is 11.1 Å². The average Bonchev–Trinajstić information content (AvgIpc) is 2.69. The highest BCUT2D eigenvalue weighted by Gasteiger charge is 2.15. The van der Waals surface area contributed by atoms with Crippen molar-refractivity contribution in [1.82, 2.24) is 9.88 Å². The van der Waals surface area contributed by atoms with Gasteiger partial charge < -0.3 is 9.73 Å². The van der Waals surface area contributed by atoms with E-state index in [0.717, 1.165) is 23.9 Å². The Morgan fingerprint density at radius 1 is 1.27 bits per heavy atom. The van der Waals surface area contributed by atoms with Crippen LogP contribution in [0.3, 0.4) is 0 Å². The van der Waals surface area contributed by atoms with E-state index in [-0.39, 0.29) is 11.7 Å². The third kappa shape index (κ3) is 3.24. The van der Waals surface area contributed by atoms with Crippen molar-refractivity contribution in [2.45, 2.75) is 51.0 Å². The lowest BCUT2D eigenvalue weighted by Gasteiger charge is -2.16. The quantitative estimate of drug-likeness (QED) is 0.886. The molecule has 0 spiro atoms. The predicted octanol–water partition coefficient (Wildman–Crippen LogP) is 2.51. The van der Waals surface area contributed by atoms with Crippen molar-refractivity contribution in [3.8, 4) is 0 Å². The molecule has 0 bridgehead atoms. The number of rotatable bonds is 3. The lowest BCUT2D eigenvalue weighted by molar-refractivity contribution is -0.121. The number of benzene rings is 1. The monoisotopic (exact) mass is 302 g/mol. The molecule has 5 heteroatoms. The first-order valence-electron chi connectivity index (χ1n) is 8.01. The summed E-state index contributed by atoms with van der Waals surface area (Å²) in [4.78, 5) is 23.7. The summed E-state index contributed by atoms with van der Waals surface area (Å²) in [6, 6.07) is 5.77. The van der Waals surface area contributed by atoms with E-state index in [0.29, 0.717) is 18.0 Å². The Morgan fingerprint density at radius 2 is 2.00 bits per heavy atom. The normalized spacial score (nSPS) is 16.6. The topological polar surface area (TPSA) is 64.2 Å². The molecular weight excluding hydrogens is 280 g/mol. The minimum absolute atomic E-state index is 0.0553. The summed E-state index contributed by atoms with van der Waals surface area (Å²) in [7, 11) is 1.67. The van der Waals surface area contributed by atoms with Crippen LogP contribution in [0.4, 0.5) is 0 Å². The molecule has 1 aromatic heterocycles. The van der Waals surface area contributed by atoms with Crippen LogP contribution in [0, 0.1) is 0 Å². The molecule has 1 aromatic carbocycles. The molecule has 22 heavy (non-hydrogen) atoms. The Hall–Kier alpha value is -2.04. The van der Waals surface area contributed by atoms with Crippen LogP contribution in [0.15, 0.2) is 27.4 Å². The third-order valence-corrected chi connectivity index (χ3v) is 4.44. The number of nitrogens with zero attached hydrogens (tertiary/aromatic N) is 1. The van der Waals surface area contributed by atoms with Gasteiger partial charge in [-0.1, -0.05) is 31.7 Å². The number of carbonyl (C=O) groups is 1. The number of carbonyl (C=O) groups excluding carboxylic acids is 1. The van der Waals surface area contributed by atoms with E-state index < -0.39 is 0 Å². The summed E-state index contributed by atoms with van der Waals surface area (Å²) in [6.45, 7) is 0. The largest absolute Gasteiger partial charge is 0.419 e. The number of hydrogen-bond donors (Lipinski definition) is 1. The molecule has 1 amide bonds. The van der Waals surface area contributed by atoms with Gasteiger partial charge >= 0.3 is 5.76 Å². The van der Waals surface area contributed by atoms with Gasteiger partial charge in [-0.25, -0.2) is 4.79 Å². The van der Waals surface area contributed by atoms with E-state index in [9.17, 15) is 9.59 Å².